The molecule has 1 fully saturated rings. The molecule has 0 bridgehead atoms. The third-order valence-corrected chi connectivity index (χ3v) is 7.20. The first kappa shape index (κ1) is 18.7. The molecule has 144 valence electrons. The van der Waals surface area contributed by atoms with Gasteiger partial charge in [0.15, 0.2) is 5.16 Å². The average molecular weight is 403 g/mol. The maximum atomic E-state index is 4.48. The van der Waals surface area contributed by atoms with E-state index in [-0.39, 0.29) is 0 Å². The van der Waals surface area contributed by atoms with E-state index in [1.807, 2.05) is 0 Å². The van der Waals surface area contributed by atoms with Crippen molar-refractivity contribution in [1.29, 1.82) is 0 Å². The van der Waals surface area contributed by atoms with Crippen molar-refractivity contribution in [2.75, 3.05) is 18.1 Å². The summed E-state index contributed by atoms with van der Waals surface area (Å²) in [5.41, 5.74) is 1.28. The highest BCUT2D eigenvalue weighted by Gasteiger charge is 2.23. The minimum Gasteiger partial charge on any atom is -0.369 e. The van der Waals surface area contributed by atoms with Crippen molar-refractivity contribution in [1.82, 2.24) is 24.7 Å². The van der Waals surface area contributed by atoms with E-state index in [2.05, 4.69) is 50.2 Å². The molecule has 27 heavy (non-hydrogen) atoms. The van der Waals surface area contributed by atoms with Gasteiger partial charge >= 0.3 is 0 Å². The topological polar surface area (TPSA) is 68.5 Å². The van der Waals surface area contributed by atoms with Crippen molar-refractivity contribution in [3.8, 4) is 0 Å². The van der Waals surface area contributed by atoms with E-state index in [1.54, 1.807) is 29.4 Å². The predicted molar refractivity (Wildman–Crippen MR) is 113 cm³/mol. The van der Waals surface area contributed by atoms with Crippen LogP contribution in [0.3, 0.4) is 0 Å². The summed E-state index contributed by atoms with van der Waals surface area (Å²) < 4.78 is 2.40. The smallest absolute Gasteiger partial charge is 0.191 e. The summed E-state index contributed by atoms with van der Waals surface area (Å²) in [6.45, 7) is 5.16. The summed E-state index contributed by atoms with van der Waals surface area (Å²) >= 11 is 3.44. The third-order valence-electron chi connectivity index (χ3n) is 5.44. The van der Waals surface area contributed by atoms with Gasteiger partial charge in [-0.1, -0.05) is 24.6 Å². The first-order valence-corrected chi connectivity index (χ1v) is 11.7. The fourth-order valence-corrected chi connectivity index (χ4v) is 5.49. The molecule has 0 aliphatic heterocycles. The van der Waals surface area contributed by atoms with Crippen LogP contribution in [0.25, 0.3) is 10.2 Å². The molecule has 0 saturated heterocycles. The van der Waals surface area contributed by atoms with Gasteiger partial charge in [0.1, 0.15) is 22.8 Å². The Bertz CT molecular complexity index is 926. The number of hydrogen-bond donors (Lipinski definition) is 1. The Hall–Kier alpha value is -1.67. The Kier molecular flexibility index (Phi) is 5.63. The molecule has 3 aromatic rings. The van der Waals surface area contributed by atoms with Crippen molar-refractivity contribution >= 4 is 39.1 Å². The Balaban J connectivity index is 1.42. The molecule has 0 spiro atoms. The Morgan fingerprint density at radius 2 is 2.04 bits per heavy atom. The van der Waals surface area contributed by atoms with Crippen LogP contribution in [-0.4, -0.2) is 37.5 Å². The van der Waals surface area contributed by atoms with Gasteiger partial charge in [0.05, 0.1) is 5.39 Å². The molecule has 1 N–H and O–H groups in total. The number of thiophene rings is 1. The Morgan fingerprint density at radius 1 is 1.22 bits per heavy atom. The molecule has 1 aliphatic carbocycles. The van der Waals surface area contributed by atoms with Crippen molar-refractivity contribution in [2.45, 2.75) is 63.6 Å². The third kappa shape index (κ3) is 3.69. The van der Waals surface area contributed by atoms with Crippen molar-refractivity contribution in [3.05, 3.63) is 22.6 Å². The maximum Gasteiger partial charge on any atom is 0.191 e. The number of fused-ring (bicyclic) bond motifs is 1. The van der Waals surface area contributed by atoms with Crippen LogP contribution in [0.1, 0.15) is 54.4 Å². The summed E-state index contributed by atoms with van der Waals surface area (Å²) in [4.78, 5) is 11.3. The number of hydrogen-bond acceptors (Lipinski definition) is 7. The zero-order valence-electron chi connectivity index (χ0n) is 16.2. The Labute approximate surface area is 168 Å². The second kappa shape index (κ2) is 8.14. The lowest BCUT2D eigenvalue weighted by Gasteiger charge is -2.16. The highest BCUT2D eigenvalue weighted by atomic mass is 32.2. The standard InChI is InChI=1S/C19H26N6S2/c1-12-13(2)27-18-16(12)17(21-11-22-18)20-10-6-9-15-23-24-19(26-3)25(15)14-7-4-5-8-14/h11,14H,4-10H2,1-3H3,(H,20,21,22). The van der Waals surface area contributed by atoms with E-state index < -0.39 is 0 Å². The monoisotopic (exact) mass is 402 g/mol. The molecule has 0 amide bonds. The quantitative estimate of drug-likeness (QED) is 0.453. The van der Waals surface area contributed by atoms with Crippen LogP contribution >= 0.6 is 23.1 Å². The molecule has 8 heteroatoms. The molecule has 0 radical (unpaired) electrons. The lowest BCUT2D eigenvalue weighted by Crippen LogP contribution is -2.12. The lowest BCUT2D eigenvalue weighted by molar-refractivity contribution is 0.461. The van der Waals surface area contributed by atoms with Gasteiger partial charge < -0.3 is 9.88 Å². The number of aryl methyl sites for hydroxylation is 3. The van der Waals surface area contributed by atoms with Gasteiger partial charge in [-0.3, -0.25) is 0 Å². The number of rotatable bonds is 7. The van der Waals surface area contributed by atoms with Crippen LogP contribution in [0.2, 0.25) is 0 Å². The fraction of sp³-hybridized carbons (Fsp3) is 0.579. The number of nitrogens with one attached hydrogen (secondary N) is 1. The largest absolute Gasteiger partial charge is 0.369 e. The summed E-state index contributed by atoms with van der Waals surface area (Å²) in [7, 11) is 0. The van der Waals surface area contributed by atoms with E-state index >= 15 is 0 Å². The molecule has 0 unspecified atom stereocenters. The first-order chi connectivity index (χ1) is 13.2. The fourth-order valence-electron chi connectivity index (χ4n) is 3.92. The van der Waals surface area contributed by atoms with Gasteiger partial charge in [-0.25, -0.2) is 9.97 Å². The summed E-state index contributed by atoms with van der Waals surface area (Å²) in [6, 6.07) is 0.586. The molecular formula is C19H26N6S2. The highest BCUT2D eigenvalue weighted by Crippen LogP contribution is 2.34. The zero-order chi connectivity index (χ0) is 18.8. The second-order valence-corrected chi connectivity index (χ2v) is 9.10. The van der Waals surface area contributed by atoms with Crippen LogP contribution in [0.15, 0.2) is 11.5 Å². The van der Waals surface area contributed by atoms with Crippen LogP contribution in [0.4, 0.5) is 5.82 Å². The van der Waals surface area contributed by atoms with E-state index in [4.69, 9.17) is 0 Å². The first-order valence-electron chi connectivity index (χ1n) is 9.61. The van der Waals surface area contributed by atoms with Crippen molar-refractivity contribution in [2.24, 2.45) is 0 Å². The molecule has 3 aromatic heterocycles. The zero-order valence-corrected chi connectivity index (χ0v) is 17.8. The predicted octanol–water partition coefficient (Wildman–Crippen LogP) is 4.78. The number of thioether (sulfide) groups is 1. The number of aromatic nitrogens is 5. The van der Waals surface area contributed by atoms with Crippen LogP contribution in [-0.2, 0) is 6.42 Å². The minimum absolute atomic E-state index is 0.586. The summed E-state index contributed by atoms with van der Waals surface area (Å²) in [5.74, 6) is 2.08. The van der Waals surface area contributed by atoms with Gasteiger partial charge in [-0.05, 0) is 44.9 Å². The van der Waals surface area contributed by atoms with Gasteiger partial charge in [-0.15, -0.1) is 21.5 Å². The average Bonchev–Trinajstić information content (AvgIpc) is 3.39. The summed E-state index contributed by atoms with van der Waals surface area (Å²) in [5, 5.41) is 14.6. The SMILES string of the molecule is CSc1nnc(CCCNc2ncnc3sc(C)c(C)c23)n1C1CCCC1. The molecule has 1 saturated carbocycles. The van der Waals surface area contributed by atoms with Crippen LogP contribution in [0.5, 0.6) is 0 Å². The minimum atomic E-state index is 0.586. The molecule has 6 nitrogen and oxygen atoms in total. The Morgan fingerprint density at radius 3 is 2.81 bits per heavy atom. The number of nitrogens with zero attached hydrogens (tertiary/aromatic N) is 5. The summed E-state index contributed by atoms with van der Waals surface area (Å²) in [6.07, 6.45) is 10.8. The molecule has 3 heterocycles. The lowest BCUT2D eigenvalue weighted by atomic mass is 10.2. The molecule has 0 aromatic carbocycles. The van der Waals surface area contributed by atoms with Gasteiger partial charge in [-0.2, -0.15) is 0 Å². The molecule has 1 aliphatic rings. The van der Waals surface area contributed by atoms with E-state index in [0.29, 0.717) is 6.04 Å². The van der Waals surface area contributed by atoms with Crippen LogP contribution < -0.4 is 5.32 Å². The highest BCUT2D eigenvalue weighted by molar-refractivity contribution is 7.98. The molecular weight excluding hydrogens is 376 g/mol. The van der Waals surface area contributed by atoms with Gasteiger partial charge in [0.2, 0.25) is 0 Å². The van der Waals surface area contributed by atoms with Crippen molar-refractivity contribution in [3.63, 3.8) is 0 Å². The molecule has 0 atom stereocenters. The van der Waals surface area contributed by atoms with Crippen LogP contribution in [0, 0.1) is 13.8 Å². The van der Waals surface area contributed by atoms with Crippen molar-refractivity contribution < 1.29 is 0 Å². The van der Waals surface area contributed by atoms with Gasteiger partial charge in [0, 0.05) is 23.9 Å². The normalized spacial score (nSPS) is 15.1. The number of anilines is 1. The van der Waals surface area contributed by atoms with E-state index in [0.717, 1.165) is 41.0 Å². The second-order valence-electron chi connectivity index (χ2n) is 7.13. The van der Waals surface area contributed by atoms with Gasteiger partial charge in [0.25, 0.3) is 0 Å². The van der Waals surface area contributed by atoms with E-state index in [1.165, 1.54) is 41.5 Å². The molecule has 4 rings (SSSR count). The van der Waals surface area contributed by atoms with E-state index in [9.17, 15) is 0 Å². The maximum absolute atomic E-state index is 4.48.